The Balaban J connectivity index is 2.25. The van der Waals surface area contributed by atoms with Crippen molar-refractivity contribution in [3.05, 3.63) is 59.7 Å². The normalized spacial score (nSPS) is 12.1. The summed E-state index contributed by atoms with van der Waals surface area (Å²) < 4.78 is 11.8. The zero-order valence-corrected chi connectivity index (χ0v) is 12.2. The van der Waals surface area contributed by atoms with Gasteiger partial charge < -0.3 is 5.73 Å². The Morgan fingerprint density at radius 3 is 2.50 bits per heavy atom. The van der Waals surface area contributed by atoms with E-state index in [0.717, 1.165) is 16.7 Å². The molecule has 0 aliphatic carbocycles. The summed E-state index contributed by atoms with van der Waals surface area (Å²) in [6, 6.07) is 16.0. The van der Waals surface area contributed by atoms with Gasteiger partial charge in [0.15, 0.2) is 0 Å². The van der Waals surface area contributed by atoms with Crippen LogP contribution in [-0.2, 0) is 21.3 Å². The Morgan fingerprint density at radius 1 is 1.15 bits per heavy atom. The average Bonchev–Trinajstić information content (AvgIpc) is 2.41. The van der Waals surface area contributed by atoms with Gasteiger partial charge in [-0.2, -0.15) is 0 Å². The predicted octanol–water partition coefficient (Wildman–Crippen LogP) is 2.40. The fourth-order valence-corrected chi connectivity index (χ4v) is 3.05. The Labute approximate surface area is 121 Å². The second-order valence-corrected chi connectivity index (χ2v) is 6.17. The molecule has 0 spiro atoms. The van der Waals surface area contributed by atoms with Crippen molar-refractivity contribution in [2.75, 3.05) is 5.75 Å². The summed E-state index contributed by atoms with van der Waals surface area (Å²) in [5, 5.41) is 0. The number of primary amides is 1. The minimum Gasteiger partial charge on any atom is -0.369 e. The monoisotopic (exact) mass is 287 g/mol. The fraction of sp³-hybridized carbons (Fsp3) is 0.188. The van der Waals surface area contributed by atoms with Gasteiger partial charge in [-0.15, -0.1) is 0 Å². The molecule has 0 aliphatic rings. The van der Waals surface area contributed by atoms with E-state index in [4.69, 9.17) is 5.73 Å². The summed E-state index contributed by atoms with van der Waals surface area (Å²) in [5.74, 6) is -0.267. The molecule has 0 saturated heterocycles. The Hall–Kier alpha value is -1.94. The molecule has 4 heteroatoms. The highest BCUT2D eigenvalue weighted by atomic mass is 32.2. The third-order valence-electron chi connectivity index (χ3n) is 3.02. The van der Waals surface area contributed by atoms with E-state index in [2.05, 4.69) is 0 Å². The van der Waals surface area contributed by atoms with Crippen molar-refractivity contribution < 1.29 is 9.00 Å². The zero-order chi connectivity index (χ0) is 14.5. The van der Waals surface area contributed by atoms with E-state index in [1.54, 1.807) is 0 Å². The number of carbonyl (C=O) groups is 1. The summed E-state index contributed by atoms with van der Waals surface area (Å²) in [7, 11) is -1.25. The lowest BCUT2D eigenvalue weighted by Gasteiger charge is -2.09. The highest BCUT2D eigenvalue weighted by molar-refractivity contribution is 7.84. The Morgan fingerprint density at radius 2 is 1.85 bits per heavy atom. The van der Waals surface area contributed by atoms with Gasteiger partial charge in [0, 0.05) is 16.6 Å². The van der Waals surface area contributed by atoms with Gasteiger partial charge in [0.2, 0.25) is 5.91 Å². The summed E-state index contributed by atoms with van der Waals surface area (Å²) >= 11 is 0. The third kappa shape index (κ3) is 3.78. The van der Waals surface area contributed by atoms with Crippen LogP contribution in [0.15, 0.2) is 48.5 Å². The van der Waals surface area contributed by atoms with Gasteiger partial charge in [-0.1, -0.05) is 42.5 Å². The number of carbonyl (C=O) groups excluding carboxylic acids is 1. The smallest absolute Gasteiger partial charge is 0.230 e. The first kappa shape index (κ1) is 14.5. The van der Waals surface area contributed by atoms with Crippen LogP contribution in [0.4, 0.5) is 0 Å². The van der Waals surface area contributed by atoms with Gasteiger partial charge in [0.05, 0.1) is 0 Å². The molecule has 2 aromatic carbocycles. The molecule has 0 heterocycles. The maximum atomic E-state index is 11.8. The van der Waals surface area contributed by atoms with Crippen molar-refractivity contribution in [1.82, 2.24) is 0 Å². The highest BCUT2D eigenvalue weighted by Crippen LogP contribution is 2.24. The van der Waals surface area contributed by atoms with E-state index in [9.17, 15) is 9.00 Å². The summed E-state index contributed by atoms with van der Waals surface area (Å²) in [5.41, 5.74) is 9.44. The molecule has 0 fully saturated rings. The van der Waals surface area contributed by atoms with Crippen LogP contribution in [0.3, 0.4) is 0 Å². The lowest BCUT2D eigenvalue weighted by atomic mass is 9.99. The van der Waals surface area contributed by atoms with E-state index < -0.39 is 16.7 Å². The lowest BCUT2D eigenvalue weighted by molar-refractivity contribution is -0.115. The number of aryl methyl sites for hydroxylation is 1. The molecule has 3 nitrogen and oxygen atoms in total. The van der Waals surface area contributed by atoms with Crippen LogP contribution in [0.2, 0.25) is 0 Å². The van der Waals surface area contributed by atoms with E-state index in [-0.39, 0.29) is 5.75 Å². The van der Waals surface area contributed by atoms with E-state index >= 15 is 0 Å². The van der Waals surface area contributed by atoms with Crippen LogP contribution >= 0.6 is 0 Å². The van der Waals surface area contributed by atoms with Crippen molar-refractivity contribution in [3.63, 3.8) is 0 Å². The Bertz CT molecular complexity index is 638. The summed E-state index contributed by atoms with van der Waals surface area (Å²) in [6.07, 6.45) is 0. The molecular formula is C16H17NO2S. The SMILES string of the molecule is Cc1ccc(C[S@](=O)CC(N)=O)cc1-c1ccccc1. The molecule has 104 valence electrons. The van der Waals surface area contributed by atoms with Gasteiger partial charge in [-0.25, -0.2) is 0 Å². The molecule has 1 atom stereocenters. The van der Waals surface area contributed by atoms with Gasteiger partial charge in [-0.3, -0.25) is 9.00 Å². The van der Waals surface area contributed by atoms with Crippen molar-refractivity contribution in [2.45, 2.75) is 12.7 Å². The first-order valence-corrected chi connectivity index (χ1v) is 7.83. The number of hydrogen-bond acceptors (Lipinski definition) is 2. The molecule has 0 radical (unpaired) electrons. The number of rotatable bonds is 5. The van der Waals surface area contributed by atoms with Gasteiger partial charge in [-0.05, 0) is 35.2 Å². The van der Waals surface area contributed by atoms with Crippen molar-refractivity contribution >= 4 is 16.7 Å². The summed E-state index contributed by atoms with van der Waals surface area (Å²) in [6.45, 7) is 2.05. The molecule has 0 bridgehead atoms. The summed E-state index contributed by atoms with van der Waals surface area (Å²) in [4.78, 5) is 10.8. The maximum Gasteiger partial charge on any atom is 0.230 e. The zero-order valence-electron chi connectivity index (χ0n) is 11.3. The van der Waals surface area contributed by atoms with E-state index in [1.807, 2.05) is 55.5 Å². The Kier molecular flexibility index (Phi) is 4.69. The third-order valence-corrected chi connectivity index (χ3v) is 4.28. The number of nitrogens with two attached hydrogens (primary N) is 1. The van der Waals surface area contributed by atoms with Crippen LogP contribution in [0.25, 0.3) is 11.1 Å². The van der Waals surface area contributed by atoms with Crippen molar-refractivity contribution in [2.24, 2.45) is 5.73 Å². The number of hydrogen-bond donors (Lipinski definition) is 1. The van der Waals surface area contributed by atoms with Crippen LogP contribution in [0.5, 0.6) is 0 Å². The molecule has 1 amide bonds. The largest absolute Gasteiger partial charge is 0.369 e. The molecule has 2 rings (SSSR count). The van der Waals surface area contributed by atoms with Gasteiger partial charge >= 0.3 is 0 Å². The second kappa shape index (κ2) is 6.48. The quantitative estimate of drug-likeness (QED) is 0.918. The van der Waals surface area contributed by atoms with Crippen LogP contribution in [0, 0.1) is 6.92 Å². The minimum absolute atomic E-state index is 0.0887. The number of amides is 1. The number of benzene rings is 2. The average molecular weight is 287 g/mol. The molecule has 2 N–H and O–H groups in total. The molecule has 0 aromatic heterocycles. The molecule has 2 aromatic rings. The van der Waals surface area contributed by atoms with E-state index in [1.165, 1.54) is 5.56 Å². The fourth-order valence-electron chi connectivity index (χ4n) is 2.08. The molecule has 0 unspecified atom stereocenters. The first-order chi connectivity index (χ1) is 9.56. The maximum absolute atomic E-state index is 11.8. The van der Waals surface area contributed by atoms with Gasteiger partial charge in [0.25, 0.3) is 0 Å². The van der Waals surface area contributed by atoms with Crippen LogP contribution in [-0.4, -0.2) is 15.9 Å². The van der Waals surface area contributed by atoms with Crippen molar-refractivity contribution in [3.8, 4) is 11.1 Å². The van der Waals surface area contributed by atoms with E-state index in [0.29, 0.717) is 5.75 Å². The second-order valence-electron chi connectivity index (χ2n) is 4.71. The van der Waals surface area contributed by atoms with Crippen LogP contribution < -0.4 is 5.73 Å². The molecule has 20 heavy (non-hydrogen) atoms. The standard InChI is InChI=1S/C16H17NO2S/c1-12-7-8-13(10-20(19)11-16(17)18)9-15(12)14-5-3-2-4-6-14/h2-9H,10-11H2,1H3,(H2,17,18)/t20-/m0/s1. The molecule has 0 aliphatic heterocycles. The lowest BCUT2D eigenvalue weighted by Crippen LogP contribution is -2.20. The van der Waals surface area contributed by atoms with Crippen LogP contribution in [0.1, 0.15) is 11.1 Å². The molecule has 0 saturated carbocycles. The minimum atomic E-state index is -1.25. The van der Waals surface area contributed by atoms with Gasteiger partial charge in [0.1, 0.15) is 5.75 Å². The van der Waals surface area contributed by atoms with Crippen molar-refractivity contribution in [1.29, 1.82) is 0 Å². The topological polar surface area (TPSA) is 60.2 Å². The molecular weight excluding hydrogens is 270 g/mol. The predicted molar refractivity (Wildman–Crippen MR) is 82.5 cm³/mol. The first-order valence-electron chi connectivity index (χ1n) is 6.34. The highest BCUT2D eigenvalue weighted by Gasteiger charge is 2.08.